The van der Waals surface area contributed by atoms with E-state index in [1.165, 1.54) is 0 Å². The number of hydrogen-bond acceptors (Lipinski definition) is 3. The van der Waals surface area contributed by atoms with E-state index in [0.29, 0.717) is 37.7 Å². The van der Waals surface area contributed by atoms with Crippen molar-refractivity contribution in [3.63, 3.8) is 0 Å². The molecule has 6 heteroatoms. The second-order valence-corrected chi connectivity index (χ2v) is 5.49. The molecule has 1 aromatic rings. The van der Waals surface area contributed by atoms with Crippen LogP contribution in [0.5, 0.6) is 5.75 Å². The highest BCUT2D eigenvalue weighted by Gasteiger charge is 2.23. The fraction of sp³-hybridized carbons (Fsp3) is 0.533. The Morgan fingerprint density at radius 2 is 2.38 bits per heavy atom. The quantitative estimate of drug-likeness (QED) is 0.928. The van der Waals surface area contributed by atoms with Crippen molar-refractivity contribution in [1.82, 2.24) is 10.2 Å². The Hall–Kier alpha value is -1.46. The number of amides is 2. The molecule has 2 rings (SSSR count). The molecule has 0 spiro atoms. The van der Waals surface area contributed by atoms with Crippen LogP contribution in [0, 0.1) is 0 Å². The highest BCUT2D eigenvalue weighted by molar-refractivity contribution is 6.30. The molecular formula is C15H21ClN2O3. The lowest BCUT2D eigenvalue weighted by Crippen LogP contribution is -2.51. The molecule has 1 aliphatic rings. The Morgan fingerprint density at radius 3 is 3.10 bits per heavy atom. The fourth-order valence-electron chi connectivity index (χ4n) is 2.38. The molecule has 21 heavy (non-hydrogen) atoms. The standard InChI is InChI=1S/C15H21ClN2O3/c1-11-10-21-8-7-18(11)15(19)17-6-5-12-9-13(16)3-4-14(12)20-2/h3-4,9,11H,5-8,10H2,1-2H3,(H,17,19)/t11-/m0/s1. The molecule has 0 bridgehead atoms. The van der Waals surface area contributed by atoms with Gasteiger partial charge in [-0.05, 0) is 37.1 Å². The molecule has 5 nitrogen and oxygen atoms in total. The van der Waals surface area contributed by atoms with Crippen LogP contribution in [0.4, 0.5) is 4.79 Å². The molecule has 0 unspecified atom stereocenters. The second-order valence-electron chi connectivity index (χ2n) is 5.06. The first-order chi connectivity index (χ1) is 10.1. The van der Waals surface area contributed by atoms with Gasteiger partial charge in [0.1, 0.15) is 5.75 Å². The number of ether oxygens (including phenoxy) is 2. The van der Waals surface area contributed by atoms with E-state index in [2.05, 4.69) is 5.32 Å². The van der Waals surface area contributed by atoms with E-state index in [9.17, 15) is 4.79 Å². The topological polar surface area (TPSA) is 50.8 Å². The van der Waals surface area contributed by atoms with Gasteiger partial charge in [0.2, 0.25) is 0 Å². The van der Waals surface area contributed by atoms with E-state index < -0.39 is 0 Å². The molecule has 1 aromatic carbocycles. The van der Waals surface area contributed by atoms with Crippen LogP contribution in [-0.2, 0) is 11.2 Å². The largest absolute Gasteiger partial charge is 0.496 e. The van der Waals surface area contributed by atoms with Crippen molar-refractivity contribution in [2.45, 2.75) is 19.4 Å². The molecule has 1 heterocycles. The Balaban J connectivity index is 1.86. The second kappa shape index (κ2) is 7.52. The third kappa shape index (κ3) is 4.25. The Bertz CT molecular complexity index is 496. The minimum absolute atomic E-state index is 0.0493. The number of carbonyl (C=O) groups excluding carboxylic acids is 1. The number of morpholine rings is 1. The molecule has 1 saturated heterocycles. The summed E-state index contributed by atoms with van der Waals surface area (Å²) in [4.78, 5) is 13.9. The van der Waals surface area contributed by atoms with Crippen molar-refractivity contribution in [2.75, 3.05) is 33.4 Å². The van der Waals surface area contributed by atoms with Gasteiger partial charge < -0.3 is 19.7 Å². The number of benzene rings is 1. The number of halogens is 1. The first kappa shape index (κ1) is 15.9. The molecule has 1 N–H and O–H groups in total. The van der Waals surface area contributed by atoms with Gasteiger partial charge in [-0.15, -0.1) is 0 Å². The SMILES string of the molecule is COc1ccc(Cl)cc1CCNC(=O)N1CCOC[C@@H]1C. The van der Waals surface area contributed by atoms with Crippen molar-refractivity contribution in [3.8, 4) is 5.75 Å². The van der Waals surface area contributed by atoms with Gasteiger partial charge in [0.25, 0.3) is 0 Å². The third-order valence-corrected chi connectivity index (χ3v) is 3.78. The summed E-state index contributed by atoms with van der Waals surface area (Å²) in [6.45, 7) is 4.35. The van der Waals surface area contributed by atoms with Gasteiger partial charge in [0.05, 0.1) is 26.4 Å². The van der Waals surface area contributed by atoms with E-state index in [0.717, 1.165) is 11.3 Å². The summed E-state index contributed by atoms with van der Waals surface area (Å²) in [5, 5.41) is 3.60. The van der Waals surface area contributed by atoms with Crippen LogP contribution < -0.4 is 10.1 Å². The Kier molecular flexibility index (Phi) is 5.70. The summed E-state index contributed by atoms with van der Waals surface area (Å²) in [5.74, 6) is 0.786. The molecule has 1 atom stereocenters. The van der Waals surface area contributed by atoms with E-state index in [-0.39, 0.29) is 12.1 Å². The summed E-state index contributed by atoms with van der Waals surface area (Å²) in [6.07, 6.45) is 0.675. The van der Waals surface area contributed by atoms with Gasteiger partial charge >= 0.3 is 6.03 Å². The number of urea groups is 1. The lowest BCUT2D eigenvalue weighted by Gasteiger charge is -2.33. The molecule has 0 radical (unpaired) electrons. The number of nitrogens with one attached hydrogen (secondary N) is 1. The molecule has 0 saturated carbocycles. The number of hydrogen-bond donors (Lipinski definition) is 1. The van der Waals surface area contributed by atoms with Gasteiger partial charge in [-0.1, -0.05) is 11.6 Å². The van der Waals surface area contributed by atoms with Gasteiger partial charge in [-0.2, -0.15) is 0 Å². The maximum absolute atomic E-state index is 12.1. The van der Waals surface area contributed by atoms with Crippen LogP contribution in [0.1, 0.15) is 12.5 Å². The first-order valence-corrected chi connectivity index (χ1v) is 7.44. The van der Waals surface area contributed by atoms with Crippen LogP contribution in [-0.4, -0.2) is 50.4 Å². The van der Waals surface area contributed by atoms with Crippen LogP contribution in [0.15, 0.2) is 18.2 Å². The van der Waals surface area contributed by atoms with E-state index >= 15 is 0 Å². The van der Waals surface area contributed by atoms with Gasteiger partial charge in [0, 0.05) is 18.1 Å². The Morgan fingerprint density at radius 1 is 1.57 bits per heavy atom. The number of rotatable bonds is 4. The maximum Gasteiger partial charge on any atom is 0.317 e. The van der Waals surface area contributed by atoms with Gasteiger partial charge in [-0.3, -0.25) is 0 Å². The zero-order chi connectivity index (χ0) is 15.2. The zero-order valence-corrected chi connectivity index (χ0v) is 13.2. The fourth-order valence-corrected chi connectivity index (χ4v) is 2.57. The predicted molar refractivity (Wildman–Crippen MR) is 82.1 cm³/mol. The van der Waals surface area contributed by atoms with Crippen LogP contribution in [0.25, 0.3) is 0 Å². The van der Waals surface area contributed by atoms with Crippen molar-refractivity contribution in [1.29, 1.82) is 0 Å². The molecule has 1 aliphatic heterocycles. The average Bonchev–Trinajstić information content (AvgIpc) is 2.48. The Labute approximate surface area is 130 Å². The third-order valence-electron chi connectivity index (χ3n) is 3.54. The van der Waals surface area contributed by atoms with Gasteiger partial charge in [0.15, 0.2) is 0 Å². The average molecular weight is 313 g/mol. The van der Waals surface area contributed by atoms with Crippen molar-refractivity contribution < 1.29 is 14.3 Å². The highest BCUT2D eigenvalue weighted by Crippen LogP contribution is 2.22. The summed E-state index contributed by atoms with van der Waals surface area (Å²) >= 11 is 5.99. The van der Waals surface area contributed by atoms with Crippen molar-refractivity contribution in [2.24, 2.45) is 0 Å². The van der Waals surface area contributed by atoms with E-state index in [1.807, 2.05) is 19.1 Å². The molecule has 2 amide bonds. The molecular weight excluding hydrogens is 292 g/mol. The number of nitrogens with zero attached hydrogens (tertiary/aromatic N) is 1. The zero-order valence-electron chi connectivity index (χ0n) is 12.4. The van der Waals surface area contributed by atoms with Gasteiger partial charge in [-0.25, -0.2) is 4.79 Å². The van der Waals surface area contributed by atoms with Crippen LogP contribution in [0.3, 0.4) is 0 Å². The summed E-state index contributed by atoms with van der Waals surface area (Å²) in [6, 6.07) is 5.55. The lowest BCUT2D eigenvalue weighted by molar-refractivity contribution is 0.0191. The van der Waals surface area contributed by atoms with E-state index in [1.54, 1.807) is 18.1 Å². The number of methoxy groups -OCH3 is 1. The maximum atomic E-state index is 12.1. The van der Waals surface area contributed by atoms with Crippen LogP contribution >= 0.6 is 11.6 Å². The van der Waals surface area contributed by atoms with E-state index in [4.69, 9.17) is 21.1 Å². The molecule has 1 fully saturated rings. The first-order valence-electron chi connectivity index (χ1n) is 7.06. The lowest BCUT2D eigenvalue weighted by atomic mass is 10.1. The van der Waals surface area contributed by atoms with Crippen molar-refractivity contribution in [3.05, 3.63) is 28.8 Å². The highest BCUT2D eigenvalue weighted by atomic mass is 35.5. The minimum Gasteiger partial charge on any atom is -0.496 e. The monoisotopic (exact) mass is 312 g/mol. The normalized spacial score (nSPS) is 18.4. The van der Waals surface area contributed by atoms with Crippen LogP contribution in [0.2, 0.25) is 5.02 Å². The number of carbonyl (C=O) groups is 1. The summed E-state index contributed by atoms with van der Waals surface area (Å²) < 4.78 is 10.6. The summed E-state index contributed by atoms with van der Waals surface area (Å²) in [5.41, 5.74) is 0.986. The predicted octanol–water partition coefficient (Wildman–Crippen LogP) is 2.32. The molecule has 0 aliphatic carbocycles. The molecule has 116 valence electrons. The minimum atomic E-state index is -0.0493. The summed E-state index contributed by atoms with van der Waals surface area (Å²) in [7, 11) is 1.63. The molecule has 0 aromatic heterocycles. The van der Waals surface area contributed by atoms with Crippen molar-refractivity contribution >= 4 is 17.6 Å². The smallest absolute Gasteiger partial charge is 0.317 e.